The SMILES string of the molecule is CN1C(=O)CCO[C@H]2CN(Cc3cn(-c4ccccc4)nn3)C[C@@H]21. The van der Waals surface area contributed by atoms with Crippen molar-refractivity contribution in [2.45, 2.75) is 25.1 Å². The summed E-state index contributed by atoms with van der Waals surface area (Å²) in [5.41, 5.74) is 1.92. The first-order chi connectivity index (χ1) is 11.7. The summed E-state index contributed by atoms with van der Waals surface area (Å²) >= 11 is 0. The Morgan fingerprint density at radius 1 is 1.25 bits per heavy atom. The van der Waals surface area contributed by atoms with Crippen molar-refractivity contribution in [3.8, 4) is 5.69 Å². The first-order valence-corrected chi connectivity index (χ1v) is 8.27. The number of carbonyl (C=O) groups excluding carboxylic acids is 1. The Morgan fingerprint density at radius 3 is 2.92 bits per heavy atom. The molecule has 0 unspecified atom stereocenters. The Hall–Kier alpha value is -2.25. The first-order valence-electron chi connectivity index (χ1n) is 8.27. The fourth-order valence-corrected chi connectivity index (χ4v) is 3.46. The van der Waals surface area contributed by atoms with Crippen LogP contribution in [0.4, 0.5) is 0 Å². The molecule has 7 nitrogen and oxygen atoms in total. The van der Waals surface area contributed by atoms with Crippen molar-refractivity contribution in [1.82, 2.24) is 24.8 Å². The predicted octanol–water partition coefficient (Wildman–Crippen LogP) is 0.699. The zero-order chi connectivity index (χ0) is 16.5. The van der Waals surface area contributed by atoms with Crippen LogP contribution < -0.4 is 0 Å². The molecule has 0 radical (unpaired) electrons. The van der Waals surface area contributed by atoms with Gasteiger partial charge in [-0.25, -0.2) is 4.68 Å². The molecule has 126 valence electrons. The number of fused-ring (bicyclic) bond motifs is 1. The maximum absolute atomic E-state index is 12.0. The lowest BCUT2D eigenvalue weighted by molar-refractivity contribution is -0.131. The van der Waals surface area contributed by atoms with Crippen molar-refractivity contribution >= 4 is 5.91 Å². The second-order valence-electron chi connectivity index (χ2n) is 6.42. The minimum atomic E-state index is 0.0885. The molecule has 0 bridgehead atoms. The van der Waals surface area contributed by atoms with Crippen molar-refractivity contribution in [3.05, 3.63) is 42.2 Å². The molecule has 1 aromatic heterocycles. The second kappa shape index (κ2) is 6.33. The van der Waals surface area contributed by atoms with Crippen LogP contribution in [0, 0.1) is 0 Å². The highest BCUT2D eigenvalue weighted by Crippen LogP contribution is 2.23. The standard InChI is InChI=1S/C17H21N5O2/c1-20-15-11-21(12-16(15)24-8-7-17(20)23)9-13-10-22(19-18-13)14-5-3-2-4-6-14/h2-6,10,15-16H,7-9,11-12H2,1H3/t15-,16-/m0/s1. The molecule has 2 aliphatic rings. The summed E-state index contributed by atoms with van der Waals surface area (Å²) in [4.78, 5) is 16.1. The molecule has 3 heterocycles. The average molecular weight is 327 g/mol. The Kier molecular flexibility index (Phi) is 4.03. The van der Waals surface area contributed by atoms with Crippen LogP contribution in [0.2, 0.25) is 0 Å². The number of ether oxygens (including phenoxy) is 1. The number of nitrogens with zero attached hydrogens (tertiary/aromatic N) is 5. The molecular weight excluding hydrogens is 306 g/mol. The van der Waals surface area contributed by atoms with E-state index in [1.807, 2.05) is 48.5 Å². The van der Waals surface area contributed by atoms with Gasteiger partial charge in [0.25, 0.3) is 0 Å². The minimum absolute atomic E-state index is 0.0885. The van der Waals surface area contributed by atoms with E-state index in [9.17, 15) is 4.79 Å². The minimum Gasteiger partial charge on any atom is -0.374 e. The van der Waals surface area contributed by atoms with Crippen LogP contribution in [0.5, 0.6) is 0 Å². The van der Waals surface area contributed by atoms with E-state index in [-0.39, 0.29) is 18.1 Å². The molecule has 2 saturated heterocycles. The fourth-order valence-electron chi connectivity index (χ4n) is 3.46. The van der Waals surface area contributed by atoms with Crippen LogP contribution in [0.1, 0.15) is 12.1 Å². The largest absolute Gasteiger partial charge is 0.374 e. The van der Waals surface area contributed by atoms with Crippen LogP contribution in [0.15, 0.2) is 36.5 Å². The molecule has 4 rings (SSSR count). The first kappa shape index (κ1) is 15.3. The van der Waals surface area contributed by atoms with Crippen LogP contribution in [0.25, 0.3) is 5.69 Å². The highest BCUT2D eigenvalue weighted by molar-refractivity contribution is 5.76. The van der Waals surface area contributed by atoms with Crippen molar-refractivity contribution in [2.75, 3.05) is 26.7 Å². The molecule has 0 saturated carbocycles. The van der Waals surface area contributed by atoms with Gasteiger partial charge in [0, 0.05) is 26.7 Å². The molecule has 2 fully saturated rings. The smallest absolute Gasteiger partial charge is 0.225 e. The lowest BCUT2D eigenvalue weighted by atomic mass is 10.2. The van der Waals surface area contributed by atoms with Gasteiger partial charge in [0.1, 0.15) is 0 Å². The van der Waals surface area contributed by atoms with Gasteiger partial charge in [0.05, 0.1) is 42.8 Å². The third kappa shape index (κ3) is 2.92. The second-order valence-corrected chi connectivity index (χ2v) is 6.42. The summed E-state index contributed by atoms with van der Waals surface area (Å²) < 4.78 is 7.65. The lowest BCUT2D eigenvalue weighted by Gasteiger charge is -2.25. The number of likely N-dealkylation sites (tertiary alicyclic amines) is 1. The molecule has 0 N–H and O–H groups in total. The van der Waals surface area contributed by atoms with Gasteiger partial charge in [0.2, 0.25) is 5.91 Å². The maximum Gasteiger partial charge on any atom is 0.225 e. The van der Waals surface area contributed by atoms with Gasteiger partial charge in [-0.05, 0) is 12.1 Å². The van der Waals surface area contributed by atoms with Crippen LogP contribution >= 0.6 is 0 Å². The number of carbonyl (C=O) groups is 1. The summed E-state index contributed by atoms with van der Waals surface area (Å²) in [6, 6.07) is 10.1. The molecule has 0 aliphatic carbocycles. The van der Waals surface area contributed by atoms with Gasteiger partial charge < -0.3 is 9.64 Å². The quantitative estimate of drug-likeness (QED) is 0.830. The predicted molar refractivity (Wildman–Crippen MR) is 87.6 cm³/mol. The van der Waals surface area contributed by atoms with Crippen LogP contribution in [-0.2, 0) is 16.1 Å². The highest BCUT2D eigenvalue weighted by Gasteiger charge is 2.39. The van der Waals surface area contributed by atoms with Gasteiger partial charge in [-0.2, -0.15) is 0 Å². The lowest BCUT2D eigenvalue weighted by Crippen LogP contribution is -2.42. The number of amides is 1. The number of aromatic nitrogens is 3. The molecule has 2 atom stereocenters. The van der Waals surface area contributed by atoms with Crippen LogP contribution in [-0.4, -0.2) is 69.6 Å². The van der Waals surface area contributed by atoms with Crippen LogP contribution in [0.3, 0.4) is 0 Å². The number of likely N-dealkylation sites (N-methyl/N-ethyl adjacent to an activating group) is 1. The monoisotopic (exact) mass is 327 g/mol. The van der Waals surface area contributed by atoms with Gasteiger partial charge in [-0.3, -0.25) is 9.69 Å². The molecule has 24 heavy (non-hydrogen) atoms. The zero-order valence-corrected chi connectivity index (χ0v) is 13.7. The summed E-state index contributed by atoms with van der Waals surface area (Å²) in [7, 11) is 1.88. The van der Waals surface area contributed by atoms with E-state index in [1.54, 1.807) is 4.68 Å². The normalized spacial score (nSPS) is 24.9. The fraction of sp³-hybridized carbons (Fsp3) is 0.471. The van der Waals surface area contributed by atoms with Gasteiger partial charge in [-0.1, -0.05) is 23.4 Å². The number of benzene rings is 1. The number of hydrogen-bond acceptors (Lipinski definition) is 5. The van der Waals surface area contributed by atoms with E-state index < -0.39 is 0 Å². The highest BCUT2D eigenvalue weighted by atomic mass is 16.5. The Bertz CT molecular complexity index is 717. The number of para-hydroxylation sites is 1. The molecule has 2 aliphatic heterocycles. The molecule has 1 aromatic carbocycles. The summed E-state index contributed by atoms with van der Waals surface area (Å²) in [6.07, 6.45) is 2.53. The van der Waals surface area contributed by atoms with Gasteiger partial charge in [-0.15, -0.1) is 5.10 Å². The maximum atomic E-state index is 12.0. The van der Waals surface area contributed by atoms with E-state index in [0.29, 0.717) is 19.6 Å². The van der Waals surface area contributed by atoms with Crippen molar-refractivity contribution in [1.29, 1.82) is 0 Å². The third-order valence-corrected chi connectivity index (χ3v) is 4.80. The number of hydrogen-bond donors (Lipinski definition) is 0. The zero-order valence-electron chi connectivity index (χ0n) is 13.7. The van der Waals surface area contributed by atoms with E-state index in [1.165, 1.54) is 0 Å². The van der Waals surface area contributed by atoms with Gasteiger partial charge >= 0.3 is 0 Å². The Balaban J connectivity index is 1.44. The van der Waals surface area contributed by atoms with Crippen molar-refractivity contribution in [3.63, 3.8) is 0 Å². The molecule has 7 heteroatoms. The summed E-state index contributed by atoms with van der Waals surface area (Å²) in [5.74, 6) is 0.166. The molecule has 0 spiro atoms. The summed E-state index contributed by atoms with van der Waals surface area (Å²) in [6.45, 7) is 2.86. The van der Waals surface area contributed by atoms with Crippen molar-refractivity contribution < 1.29 is 9.53 Å². The topological polar surface area (TPSA) is 63.5 Å². The average Bonchev–Trinajstić information content (AvgIpc) is 3.20. The summed E-state index contributed by atoms with van der Waals surface area (Å²) in [5, 5.41) is 8.48. The van der Waals surface area contributed by atoms with E-state index in [2.05, 4.69) is 15.2 Å². The van der Waals surface area contributed by atoms with Crippen molar-refractivity contribution in [2.24, 2.45) is 0 Å². The molecule has 2 aromatic rings. The third-order valence-electron chi connectivity index (χ3n) is 4.80. The molecule has 1 amide bonds. The van der Waals surface area contributed by atoms with E-state index in [0.717, 1.165) is 24.5 Å². The van der Waals surface area contributed by atoms with E-state index >= 15 is 0 Å². The Labute approximate surface area is 140 Å². The van der Waals surface area contributed by atoms with Gasteiger partial charge in [0.15, 0.2) is 0 Å². The Morgan fingerprint density at radius 2 is 2.08 bits per heavy atom. The molecular formula is C17H21N5O2. The van der Waals surface area contributed by atoms with E-state index in [4.69, 9.17) is 4.74 Å². The number of rotatable bonds is 3.